The fraction of sp³-hybridized carbons (Fsp3) is 0.250. The van der Waals surface area contributed by atoms with Crippen LogP contribution in [0.3, 0.4) is 0 Å². The molecule has 0 spiro atoms. The molecule has 1 N–H and O–H groups in total. The van der Waals surface area contributed by atoms with Crippen LogP contribution in [-0.2, 0) is 6.42 Å². The van der Waals surface area contributed by atoms with E-state index >= 15 is 0 Å². The third kappa shape index (κ3) is 3.37. The number of hydrogen-bond donors (Lipinski definition) is 1. The van der Waals surface area contributed by atoms with E-state index in [1.165, 1.54) is 5.56 Å². The van der Waals surface area contributed by atoms with Crippen LogP contribution in [0.2, 0.25) is 0 Å². The van der Waals surface area contributed by atoms with Gasteiger partial charge in [-0.15, -0.1) is 22.7 Å². The molecule has 3 nitrogen and oxygen atoms in total. The van der Waals surface area contributed by atoms with Crippen LogP contribution in [0.4, 0.5) is 0 Å². The molecular formula is C16H17N3S2. The Kier molecular flexibility index (Phi) is 4.43. The van der Waals surface area contributed by atoms with Gasteiger partial charge in [-0.1, -0.05) is 30.3 Å². The van der Waals surface area contributed by atoms with Gasteiger partial charge in [0.25, 0.3) is 0 Å². The lowest BCUT2D eigenvalue weighted by Crippen LogP contribution is -2.18. The van der Waals surface area contributed by atoms with Crippen LogP contribution in [0.25, 0.3) is 10.7 Å². The quantitative estimate of drug-likeness (QED) is 0.771. The molecule has 3 aromatic rings. The van der Waals surface area contributed by atoms with E-state index in [1.54, 1.807) is 22.7 Å². The van der Waals surface area contributed by atoms with E-state index in [1.807, 2.05) is 20.0 Å². The topological polar surface area (TPSA) is 37.8 Å². The average molecular weight is 315 g/mol. The van der Waals surface area contributed by atoms with Gasteiger partial charge in [0.15, 0.2) is 0 Å². The van der Waals surface area contributed by atoms with Crippen molar-refractivity contribution < 1.29 is 0 Å². The number of thiazole rings is 2. The summed E-state index contributed by atoms with van der Waals surface area (Å²) in [6.45, 7) is 2.02. The summed E-state index contributed by atoms with van der Waals surface area (Å²) in [4.78, 5) is 9.23. The number of aryl methyl sites for hydroxylation is 1. The first-order chi connectivity index (χ1) is 10.3. The van der Waals surface area contributed by atoms with Crippen molar-refractivity contribution in [2.75, 3.05) is 7.05 Å². The molecule has 0 amide bonds. The minimum Gasteiger partial charge on any atom is -0.313 e. The van der Waals surface area contributed by atoms with E-state index in [-0.39, 0.29) is 0 Å². The molecule has 1 aromatic carbocycles. The first-order valence-electron chi connectivity index (χ1n) is 6.85. The summed E-state index contributed by atoms with van der Waals surface area (Å²) in [6, 6.07) is 10.8. The molecule has 0 saturated carbocycles. The minimum absolute atomic E-state index is 0.290. The fourth-order valence-electron chi connectivity index (χ4n) is 2.26. The Morgan fingerprint density at radius 1 is 1.10 bits per heavy atom. The van der Waals surface area contributed by atoms with Gasteiger partial charge >= 0.3 is 0 Å². The monoisotopic (exact) mass is 315 g/mol. The van der Waals surface area contributed by atoms with Gasteiger partial charge in [0.1, 0.15) is 10.7 Å². The molecule has 5 heteroatoms. The number of hydrogen-bond acceptors (Lipinski definition) is 5. The molecule has 0 aliphatic rings. The number of likely N-dealkylation sites (N-methyl/N-ethyl adjacent to an activating group) is 1. The van der Waals surface area contributed by atoms with Crippen molar-refractivity contribution in [2.24, 2.45) is 0 Å². The lowest BCUT2D eigenvalue weighted by Gasteiger charge is -2.15. The van der Waals surface area contributed by atoms with Crippen LogP contribution in [0.15, 0.2) is 41.1 Å². The maximum absolute atomic E-state index is 4.73. The van der Waals surface area contributed by atoms with E-state index in [2.05, 4.69) is 45.3 Å². The van der Waals surface area contributed by atoms with Gasteiger partial charge in [-0.2, -0.15) is 0 Å². The molecule has 0 aliphatic carbocycles. The molecule has 3 rings (SSSR count). The van der Waals surface area contributed by atoms with Crippen LogP contribution in [0.1, 0.15) is 22.3 Å². The highest BCUT2D eigenvalue weighted by Gasteiger charge is 2.13. The highest BCUT2D eigenvalue weighted by atomic mass is 32.1. The standard InChI is InChI=1S/C16H17N3S2/c1-11-18-15(10-20-11)16-19-13(9-21-16)8-14(17-2)12-6-4-3-5-7-12/h3-7,9-10,14,17H,8H2,1-2H3. The Hall–Kier alpha value is -1.56. The second kappa shape index (κ2) is 6.47. The maximum atomic E-state index is 4.73. The second-order valence-electron chi connectivity index (χ2n) is 4.85. The molecule has 21 heavy (non-hydrogen) atoms. The van der Waals surface area contributed by atoms with E-state index < -0.39 is 0 Å². The zero-order chi connectivity index (χ0) is 14.7. The lowest BCUT2D eigenvalue weighted by molar-refractivity contribution is 0.586. The molecular weight excluding hydrogens is 298 g/mol. The van der Waals surface area contributed by atoms with E-state index in [0.29, 0.717) is 6.04 Å². The summed E-state index contributed by atoms with van der Waals surface area (Å²) in [5, 5.41) is 9.68. The highest BCUT2D eigenvalue weighted by Crippen LogP contribution is 2.27. The van der Waals surface area contributed by atoms with Crippen molar-refractivity contribution in [3.05, 3.63) is 57.4 Å². The molecule has 1 atom stereocenters. The predicted molar refractivity (Wildman–Crippen MR) is 89.9 cm³/mol. The van der Waals surface area contributed by atoms with Crippen LogP contribution < -0.4 is 5.32 Å². The SMILES string of the molecule is CNC(Cc1csc(-c2csc(C)n2)n1)c1ccccc1. The van der Waals surface area contributed by atoms with Gasteiger partial charge in [-0.05, 0) is 19.5 Å². The highest BCUT2D eigenvalue weighted by molar-refractivity contribution is 7.14. The molecule has 108 valence electrons. The Morgan fingerprint density at radius 3 is 2.57 bits per heavy atom. The van der Waals surface area contributed by atoms with E-state index in [0.717, 1.165) is 27.8 Å². The van der Waals surface area contributed by atoms with Gasteiger partial charge in [0.05, 0.1) is 10.7 Å². The molecule has 1 unspecified atom stereocenters. The maximum Gasteiger partial charge on any atom is 0.142 e. The summed E-state index contributed by atoms with van der Waals surface area (Å²) >= 11 is 3.34. The average Bonchev–Trinajstić information content (AvgIpc) is 3.14. The second-order valence-corrected chi connectivity index (χ2v) is 6.77. The molecule has 0 radical (unpaired) electrons. The molecule has 0 fully saturated rings. The van der Waals surface area contributed by atoms with Crippen molar-refractivity contribution in [3.63, 3.8) is 0 Å². The summed E-state index contributed by atoms with van der Waals surface area (Å²) in [5.41, 5.74) is 3.40. The number of benzene rings is 1. The summed E-state index contributed by atoms with van der Waals surface area (Å²) in [6.07, 6.45) is 0.889. The zero-order valence-electron chi connectivity index (χ0n) is 12.0. The van der Waals surface area contributed by atoms with Crippen LogP contribution >= 0.6 is 22.7 Å². The predicted octanol–water partition coefficient (Wildman–Crippen LogP) is 4.08. The van der Waals surface area contributed by atoms with Crippen LogP contribution in [0.5, 0.6) is 0 Å². The summed E-state index contributed by atoms with van der Waals surface area (Å²) < 4.78 is 0. The fourth-order valence-corrected chi connectivity index (χ4v) is 3.73. The number of aromatic nitrogens is 2. The van der Waals surface area contributed by atoms with Gasteiger partial charge in [0.2, 0.25) is 0 Å². The van der Waals surface area contributed by atoms with E-state index in [9.17, 15) is 0 Å². The van der Waals surface area contributed by atoms with Gasteiger partial charge in [-0.25, -0.2) is 9.97 Å². The normalized spacial score (nSPS) is 12.5. The third-order valence-electron chi connectivity index (χ3n) is 3.35. The number of nitrogens with zero attached hydrogens (tertiary/aromatic N) is 2. The van der Waals surface area contributed by atoms with Gasteiger partial charge in [-0.3, -0.25) is 0 Å². The van der Waals surface area contributed by atoms with E-state index in [4.69, 9.17) is 4.98 Å². The zero-order valence-corrected chi connectivity index (χ0v) is 13.7. The van der Waals surface area contributed by atoms with Gasteiger partial charge in [0, 0.05) is 23.2 Å². The van der Waals surface area contributed by atoms with Crippen LogP contribution in [-0.4, -0.2) is 17.0 Å². The Bertz CT molecular complexity index is 703. The third-order valence-corrected chi connectivity index (χ3v) is 5.04. The molecule has 0 bridgehead atoms. The first-order valence-corrected chi connectivity index (χ1v) is 8.61. The Balaban J connectivity index is 1.77. The summed E-state index contributed by atoms with van der Waals surface area (Å²) in [5.74, 6) is 0. The molecule has 0 saturated heterocycles. The van der Waals surface area contributed by atoms with Gasteiger partial charge < -0.3 is 5.32 Å². The Labute approximate surface area is 132 Å². The minimum atomic E-state index is 0.290. The number of nitrogens with one attached hydrogen (secondary N) is 1. The molecule has 2 aromatic heterocycles. The molecule has 2 heterocycles. The molecule has 0 aliphatic heterocycles. The Morgan fingerprint density at radius 2 is 1.90 bits per heavy atom. The van der Waals surface area contributed by atoms with Crippen molar-refractivity contribution in [2.45, 2.75) is 19.4 Å². The largest absolute Gasteiger partial charge is 0.313 e. The van der Waals surface area contributed by atoms with Crippen molar-refractivity contribution in [1.82, 2.24) is 15.3 Å². The van der Waals surface area contributed by atoms with Crippen molar-refractivity contribution in [1.29, 1.82) is 0 Å². The smallest absolute Gasteiger partial charge is 0.142 e. The van der Waals surface area contributed by atoms with Crippen LogP contribution in [0, 0.1) is 6.92 Å². The summed E-state index contributed by atoms with van der Waals surface area (Å²) in [7, 11) is 1.99. The number of rotatable bonds is 5. The van der Waals surface area contributed by atoms with Crippen molar-refractivity contribution in [3.8, 4) is 10.7 Å². The lowest BCUT2D eigenvalue weighted by atomic mass is 10.0. The first kappa shape index (κ1) is 14.4. The van der Waals surface area contributed by atoms with Crippen molar-refractivity contribution >= 4 is 22.7 Å².